The fourth-order valence-electron chi connectivity index (χ4n) is 4.44. The topological polar surface area (TPSA) is 60.5 Å². The average molecular weight is 445 g/mol. The van der Waals surface area contributed by atoms with Crippen LogP contribution in [0.4, 0.5) is 0 Å². The van der Waals surface area contributed by atoms with Crippen molar-refractivity contribution in [3.8, 4) is 17.2 Å². The molecular formula is C28H32N2O3. The van der Waals surface area contributed by atoms with Gasteiger partial charge >= 0.3 is 0 Å². The second-order valence-corrected chi connectivity index (χ2v) is 8.88. The molecule has 33 heavy (non-hydrogen) atoms. The number of nitrogens with zero attached hydrogens (tertiary/aromatic N) is 1. The Bertz CT molecular complexity index is 1010. The van der Waals surface area contributed by atoms with Gasteiger partial charge in [-0.2, -0.15) is 0 Å². The summed E-state index contributed by atoms with van der Waals surface area (Å²) in [5.41, 5.74) is 2.43. The molecule has 5 heteroatoms. The molecule has 0 saturated heterocycles. The van der Waals surface area contributed by atoms with Gasteiger partial charge in [0.05, 0.1) is 12.1 Å². The molecular weight excluding hydrogens is 412 g/mol. The number of carbonyl (C=O) groups is 1. The molecule has 1 fully saturated rings. The van der Waals surface area contributed by atoms with Gasteiger partial charge in [0.1, 0.15) is 17.2 Å². The number of hydrogen-bond acceptors (Lipinski definition) is 4. The first-order valence-electron chi connectivity index (χ1n) is 11.8. The van der Waals surface area contributed by atoms with E-state index >= 15 is 0 Å². The van der Waals surface area contributed by atoms with Crippen molar-refractivity contribution in [3.05, 3.63) is 84.2 Å². The summed E-state index contributed by atoms with van der Waals surface area (Å²) in [6, 6.07) is 20.2. The normalized spacial score (nSPS) is 18.8. The minimum absolute atomic E-state index is 0.00301. The first-order valence-corrected chi connectivity index (χ1v) is 11.8. The number of amides is 1. The smallest absolute Gasteiger partial charge is 0.217 e. The van der Waals surface area contributed by atoms with Gasteiger partial charge in [0.2, 0.25) is 5.91 Å². The van der Waals surface area contributed by atoms with Crippen LogP contribution in [0.25, 0.3) is 0 Å². The van der Waals surface area contributed by atoms with Crippen LogP contribution in [-0.2, 0) is 11.2 Å². The van der Waals surface area contributed by atoms with E-state index in [1.165, 1.54) is 25.3 Å². The summed E-state index contributed by atoms with van der Waals surface area (Å²) < 4.78 is 12.1. The highest BCUT2D eigenvalue weighted by atomic mass is 16.5. The number of aromatic nitrogens is 1. The Labute approximate surface area is 196 Å². The van der Waals surface area contributed by atoms with Gasteiger partial charge in [-0.1, -0.05) is 24.3 Å². The lowest BCUT2D eigenvalue weighted by atomic mass is 9.83. The van der Waals surface area contributed by atoms with Crippen molar-refractivity contribution in [2.24, 2.45) is 5.92 Å². The average Bonchev–Trinajstić information content (AvgIpc) is 2.82. The maximum Gasteiger partial charge on any atom is 0.217 e. The third-order valence-electron chi connectivity index (χ3n) is 6.23. The number of ether oxygens (including phenoxy) is 2. The third-order valence-corrected chi connectivity index (χ3v) is 6.23. The molecule has 1 aliphatic rings. The number of nitrogens with one attached hydrogen (secondary N) is 1. The molecule has 172 valence electrons. The number of benzene rings is 2. The van der Waals surface area contributed by atoms with Crippen LogP contribution in [0, 0.1) is 5.92 Å². The number of carbonyl (C=O) groups excluding carboxylic acids is 1. The van der Waals surface area contributed by atoms with Gasteiger partial charge < -0.3 is 14.8 Å². The van der Waals surface area contributed by atoms with Gasteiger partial charge in [-0.15, -0.1) is 0 Å². The van der Waals surface area contributed by atoms with Crippen molar-refractivity contribution in [2.45, 2.75) is 58.1 Å². The molecule has 1 saturated carbocycles. The molecule has 0 bridgehead atoms. The molecule has 1 N–H and O–H groups in total. The van der Waals surface area contributed by atoms with Crippen molar-refractivity contribution in [1.29, 1.82) is 0 Å². The Kier molecular flexibility index (Phi) is 7.61. The van der Waals surface area contributed by atoms with E-state index in [9.17, 15) is 4.79 Å². The lowest BCUT2D eigenvalue weighted by Crippen LogP contribution is -2.25. The molecule has 0 radical (unpaired) electrons. The Morgan fingerprint density at radius 1 is 0.909 bits per heavy atom. The van der Waals surface area contributed by atoms with Crippen LogP contribution < -0.4 is 14.8 Å². The zero-order valence-electron chi connectivity index (χ0n) is 19.4. The monoisotopic (exact) mass is 444 g/mol. The highest BCUT2D eigenvalue weighted by Gasteiger charge is 2.22. The van der Waals surface area contributed by atoms with Crippen molar-refractivity contribution < 1.29 is 14.3 Å². The summed E-state index contributed by atoms with van der Waals surface area (Å²) >= 11 is 0. The van der Waals surface area contributed by atoms with Gasteiger partial charge in [-0.25, -0.2) is 0 Å². The predicted octanol–water partition coefficient (Wildman–Crippen LogP) is 6.25. The van der Waals surface area contributed by atoms with Gasteiger partial charge in [0, 0.05) is 19.3 Å². The van der Waals surface area contributed by atoms with Crippen molar-refractivity contribution in [3.63, 3.8) is 0 Å². The van der Waals surface area contributed by atoms with E-state index in [-0.39, 0.29) is 18.1 Å². The summed E-state index contributed by atoms with van der Waals surface area (Å²) in [4.78, 5) is 15.2. The van der Waals surface area contributed by atoms with Crippen molar-refractivity contribution in [1.82, 2.24) is 10.3 Å². The molecule has 1 heterocycles. The van der Waals surface area contributed by atoms with E-state index in [1.54, 1.807) is 12.4 Å². The van der Waals surface area contributed by atoms with Gasteiger partial charge in [0.25, 0.3) is 0 Å². The van der Waals surface area contributed by atoms with Crippen molar-refractivity contribution in [2.75, 3.05) is 0 Å². The Hall–Kier alpha value is -3.34. The zero-order chi connectivity index (χ0) is 23.0. The molecule has 4 rings (SSSR count). The standard InChI is InChI=1S/C28H32N2O3/c1-20(30-21(2)31)24-7-13-27(14-8-24)32-25-9-3-22(4-10-25)19-23-5-11-26(12-6-23)33-28-15-17-29-18-16-28/h5-8,11-18,20,22,25H,3-4,9-10,19H2,1-2H3,(H,30,31)/t20-,22?,25?/m0/s1. The van der Waals surface area contributed by atoms with Crippen molar-refractivity contribution >= 4 is 5.91 Å². The molecule has 0 unspecified atom stereocenters. The van der Waals surface area contributed by atoms with Crippen LogP contribution in [0.15, 0.2) is 73.1 Å². The maximum atomic E-state index is 11.2. The zero-order valence-corrected chi connectivity index (χ0v) is 19.4. The SMILES string of the molecule is CC(=O)N[C@@H](C)c1ccc(OC2CCC(Cc3ccc(Oc4ccncc4)cc3)CC2)cc1. The molecule has 1 amide bonds. The van der Waals surface area contributed by atoms with Gasteiger partial charge in [-0.05, 0) is 92.5 Å². The van der Waals surface area contributed by atoms with Crippen LogP contribution in [0.2, 0.25) is 0 Å². The quantitative estimate of drug-likeness (QED) is 0.446. The number of pyridine rings is 1. The van der Waals surface area contributed by atoms with Crippen LogP contribution in [-0.4, -0.2) is 17.0 Å². The second-order valence-electron chi connectivity index (χ2n) is 8.88. The van der Waals surface area contributed by atoms with Gasteiger partial charge in [-0.3, -0.25) is 9.78 Å². The fourth-order valence-corrected chi connectivity index (χ4v) is 4.44. The summed E-state index contributed by atoms with van der Waals surface area (Å²) in [5, 5.41) is 2.91. The Balaban J connectivity index is 1.22. The molecule has 1 aliphatic carbocycles. The highest BCUT2D eigenvalue weighted by Crippen LogP contribution is 2.31. The molecule has 5 nitrogen and oxygen atoms in total. The van der Waals surface area contributed by atoms with Gasteiger partial charge in [0.15, 0.2) is 0 Å². The highest BCUT2D eigenvalue weighted by molar-refractivity contribution is 5.73. The summed E-state index contributed by atoms with van der Waals surface area (Å²) in [6.45, 7) is 3.53. The summed E-state index contributed by atoms with van der Waals surface area (Å²) in [5.74, 6) is 3.22. The first-order chi connectivity index (χ1) is 16.0. The molecule has 2 aromatic carbocycles. The fraction of sp³-hybridized carbons (Fsp3) is 0.357. The van der Waals surface area contributed by atoms with E-state index in [0.29, 0.717) is 5.92 Å². The van der Waals surface area contributed by atoms with E-state index < -0.39 is 0 Å². The van der Waals surface area contributed by atoms with Crippen LogP contribution in [0.1, 0.15) is 56.7 Å². The minimum Gasteiger partial charge on any atom is -0.490 e. The number of hydrogen-bond donors (Lipinski definition) is 1. The number of rotatable bonds is 8. The minimum atomic E-state index is -0.0196. The van der Waals surface area contributed by atoms with Crippen LogP contribution in [0.5, 0.6) is 17.2 Å². The Morgan fingerprint density at radius 3 is 2.15 bits per heavy atom. The molecule has 0 spiro atoms. The summed E-state index contributed by atoms with van der Waals surface area (Å²) in [6.07, 6.45) is 9.35. The molecule has 3 aromatic rings. The molecule has 1 atom stereocenters. The molecule has 0 aliphatic heterocycles. The van der Waals surface area contributed by atoms with E-state index in [4.69, 9.17) is 9.47 Å². The molecule has 1 aromatic heterocycles. The lowest BCUT2D eigenvalue weighted by molar-refractivity contribution is -0.119. The maximum absolute atomic E-state index is 11.2. The van der Waals surface area contributed by atoms with E-state index in [1.807, 2.05) is 55.5 Å². The first kappa shape index (κ1) is 22.8. The second kappa shape index (κ2) is 11.0. The largest absolute Gasteiger partial charge is 0.490 e. The van der Waals surface area contributed by atoms with Crippen LogP contribution in [0.3, 0.4) is 0 Å². The van der Waals surface area contributed by atoms with Crippen LogP contribution >= 0.6 is 0 Å². The third kappa shape index (κ3) is 6.82. The Morgan fingerprint density at radius 2 is 1.52 bits per heavy atom. The van der Waals surface area contributed by atoms with E-state index in [2.05, 4.69) is 22.4 Å². The predicted molar refractivity (Wildman–Crippen MR) is 130 cm³/mol. The van der Waals surface area contributed by atoms with E-state index in [0.717, 1.165) is 42.1 Å². The lowest BCUT2D eigenvalue weighted by Gasteiger charge is -2.29. The summed E-state index contributed by atoms with van der Waals surface area (Å²) in [7, 11) is 0.